The molecule has 0 fully saturated rings. The van der Waals surface area contributed by atoms with Crippen LogP contribution in [0.15, 0.2) is 24.3 Å². The van der Waals surface area contributed by atoms with Gasteiger partial charge in [-0.05, 0) is 31.7 Å². The maximum Gasteiger partial charge on any atom is 0.399 e. The van der Waals surface area contributed by atoms with Crippen molar-refractivity contribution in [2.75, 3.05) is 13.6 Å². The molecule has 0 bridgehead atoms. The van der Waals surface area contributed by atoms with E-state index in [0.29, 0.717) is 5.02 Å². The molecule has 0 saturated heterocycles. The lowest BCUT2D eigenvalue weighted by atomic mass is 10.0. The normalized spacial score (nSPS) is 15.2. The zero-order valence-electron chi connectivity index (χ0n) is 11.1. The maximum atomic E-state index is 12.8. The number of benzene rings is 1. The van der Waals surface area contributed by atoms with Crippen molar-refractivity contribution in [3.63, 3.8) is 0 Å². The van der Waals surface area contributed by atoms with E-state index in [-0.39, 0.29) is 12.6 Å². The number of rotatable bonds is 5. The van der Waals surface area contributed by atoms with E-state index < -0.39 is 17.1 Å². The van der Waals surface area contributed by atoms with Gasteiger partial charge < -0.3 is 5.73 Å². The van der Waals surface area contributed by atoms with Crippen molar-refractivity contribution in [1.82, 2.24) is 4.90 Å². The van der Waals surface area contributed by atoms with E-state index in [4.69, 9.17) is 17.3 Å². The summed E-state index contributed by atoms with van der Waals surface area (Å²) in [5.41, 5.74) is 6.03. The van der Waals surface area contributed by atoms with Crippen molar-refractivity contribution in [1.29, 1.82) is 0 Å². The van der Waals surface area contributed by atoms with Crippen LogP contribution >= 0.6 is 23.8 Å². The van der Waals surface area contributed by atoms with Crippen molar-refractivity contribution >= 4 is 28.8 Å². The van der Waals surface area contributed by atoms with Crippen molar-refractivity contribution < 1.29 is 13.2 Å². The summed E-state index contributed by atoms with van der Waals surface area (Å²) in [6.45, 7) is 1.52. The van der Waals surface area contributed by atoms with E-state index in [0.717, 1.165) is 5.56 Å². The predicted octanol–water partition coefficient (Wildman–Crippen LogP) is 3.80. The summed E-state index contributed by atoms with van der Waals surface area (Å²) in [6, 6.07) is 6.79. The van der Waals surface area contributed by atoms with Gasteiger partial charge in [0.2, 0.25) is 0 Å². The van der Waals surface area contributed by atoms with Crippen LogP contribution in [0, 0.1) is 5.92 Å². The van der Waals surface area contributed by atoms with Crippen LogP contribution in [0.4, 0.5) is 13.2 Å². The number of hydrogen-bond acceptors (Lipinski definition) is 2. The largest absolute Gasteiger partial charge is 0.399 e. The Morgan fingerprint density at radius 1 is 1.45 bits per heavy atom. The van der Waals surface area contributed by atoms with Gasteiger partial charge in [0.1, 0.15) is 5.92 Å². The molecule has 1 aromatic carbocycles. The fourth-order valence-electron chi connectivity index (χ4n) is 1.82. The fourth-order valence-corrected chi connectivity index (χ4v) is 2.23. The first-order valence-corrected chi connectivity index (χ1v) is 6.73. The Labute approximate surface area is 126 Å². The molecule has 2 N–H and O–H groups in total. The Bertz CT molecular complexity index is 479. The average molecular weight is 325 g/mol. The zero-order chi connectivity index (χ0) is 15.5. The highest BCUT2D eigenvalue weighted by molar-refractivity contribution is 7.80. The molecule has 0 spiro atoms. The third kappa shape index (κ3) is 4.61. The van der Waals surface area contributed by atoms with Gasteiger partial charge in [0.05, 0.1) is 4.99 Å². The van der Waals surface area contributed by atoms with Crippen LogP contribution in [-0.2, 0) is 0 Å². The van der Waals surface area contributed by atoms with E-state index in [2.05, 4.69) is 12.2 Å². The van der Waals surface area contributed by atoms with Crippen LogP contribution in [-0.4, -0.2) is 29.7 Å². The van der Waals surface area contributed by atoms with Gasteiger partial charge in [-0.3, -0.25) is 4.90 Å². The molecule has 7 heteroatoms. The Hall–Kier alpha value is -0.850. The topological polar surface area (TPSA) is 29.3 Å². The highest BCUT2D eigenvalue weighted by Gasteiger charge is 2.42. The summed E-state index contributed by atoms with van der Waals surface area (Å²) in [7, 11) is 1.60. The molecule has 0 aliphatic heterocycles. The first-order valence-electron chi connectivity index (χ1n) is 5.94. The van der Waals surface area contributed by atoms with Gasteiger partial charge in [-0.2, -0.15) is 13.2 Å². The van der Waals surface area contributed by atoms with Gasteiger partial charge >= 0.3 is 6.18 Å². The summed E-state index contributed by atoms with van der Waals surface area (Å²) in [4.78, 5) is 1.02. The number of halogens is 4. The van der Waals surface area contributed by atoms with Crippen LogP contribution < -0.4 is 5.73 Å². The number of nitrogens with zero attached hydrogens (tertiary/aromatic N) is 1. The van der Waals surface area contributed by atoms with Gasteiger partial charge in [0.25, 0.3) is 0 Å². The molecular formula is C13H16ClF3N2S. The van der Waals surface area contributed by atoms with Crippen LogP contribution in [0.2, 0.25) is 5.02 Å². The first kappa shape index (κ1) is 17.2. The van der Waals surface area contributed by atoms with E-state index >= 15 is 0 Å². The van der Waals surface area contributed by atoms with E-state index in [1.807, 2.05) is 6.07 Å². The standard InChI is InChI=1S/C13H16ClF3N2S/c1-8(9-4-3-5-10(14)6-9)19(2)7-11(12(18)20)13(15,16)17/h3-6,8,11H,7H2,1-2H3,(H2,18,20). The molecule has 20 heavy (non-hydrogen) atoms. The molecule has 0 aliphatic carbocycles. The Kier molecular flexibility index (Phi) is 5.79. The number of thiocarbonyl (C=S) groups is 1. The Morgan fingerprint density at radius 3 is 2.50 bits per heavy atom. The van der Waals surface area contributed by atoms with E-state index in [1.165, 1.54) is 0 Å². The third-order valence-corrected chi connectivity index (χ3v) is 3.72. The van der Waals surface area contributed by atoms with Gasteiger partial charge in [-0.25, -0.2) is 0 Å². The molecule has 0 saturated carbocycles. The minimum atomic E-state index is -4.44. The fraction of sp³-hybridized carbons (Fsp3) is 0.462. The number of alkyl halides is 3. The quantitative estimate of drug-likeness (QED) is 0.835. The van der Waals surface area contributed by atoms with Crippen LogP contribution in [0.25, 0.3) is 0 Å². The molecule has 2 nitrogen and oxygen atoms in total. The third-order valence-electron chi connectivity index (χ3n) is 3.20. The second-order valence-electron chi connectivity index (χ2n) is 4.67. The molecule has 2 atom stereocenters. The van der Waals surface area contributed by atoms with Crippen LogP contribution in [0.3, 0.4) is 0 Å². The van der Waals surface area contributed by atoms with Crippen LogP contribution in [0.5, 0.6) is 0 Å². The smallest absolute Gasteiger partial charge is 0.393 e. The lowest BCUT2D eigenvalue weighted by Gasteiger charge is -2.30. The molecular weight excluding hydrogens is 309 g/mol. The summed E-state index contributed by atoms with van der Waals surface area (Å²) >= 11 is 10.4. The minimum absolute atomic E-state index is 0.229. The van der Waals surface area contributed by atoms with E-state index in [1.54, 1.807) is 37.1 Å². The van der Waals surface area contributed by atoms with E-state index in [9.17, 15) is 13.2 Å². The van der Waals surface area contributed by atoms with Gasteiger partial charge in [0.15, 0.2) is 0 Å². The molecule has 1 aromatic rings. The molecule has 0 aliphatic rings. The Morgan fingerprint density at radius 2 is 2.05 bits per heavy atom. The highest BCUT2D eigenvalue weighted by atomic mass is 35.5. The summed E-state index contributed by atoms with van der Waals surface area (Å²) in [5.74, 6) is -1.82. The zero-order valence-corrected chi connectivity index (χ0v) is 12.7. The van der Waals surface area contributed by atoms with Crippen molar-refractivity contribution in [3.05, 3.63) is 34.9 Å². The lowest BCUT2D eigenvalue weighted by Crippen LogP contribution is -2.43. The average Bonchev–Trinajstić information content (AvgIpc) is 2.32. The highest BCUT2D eigenvalue weighted by Crippen LogP contribution is 2.30. The molecule has 0 aromatic heterocycles. The molecule has 0 radical (unpaired) electrons. The second-order valence-corrected chi connectivity index (χ2v) is 5.57. The van der Waals surface area contributed by atoms with Crippen molar-refractivity contribution in [2.24, 2.45) is 11.7 Å². The van der Waals surface area contributed by atoms with Crippen LogP contribution in [0.1, 0.15) is 18.5 Å². The summed E-state index contributed by atoms with van der Waals surface area (Å²) < 4.78 is 38.5. The maximum absolute atomic E-state index is 12.8. The van der Waals surface area contributed by atoms with Gasteiger partial charge in [-0.15, -0.1) is 0 Å². The molecule has 2 unspecified atom stereocenters. The SMILES string of the molecule is CC(c1cccc(Cl)c1)N(C)CC(C(N)=S)C(F)(F)F. The Balaban J connectivity index is 2.84. The van der Waals surface area contributed by atoms with Crippen molar-refractivity contribution in [2.45, 2.75) is 19.1 Å². The number of hydrogen-bond donors (Lipinski definition) is 1. The minimum Gasteiger partial charge on any atom is -0.393 e. The molecule has 0 amide bonds. The second kappa shape index (κ2) is 6.74. The summed E-state index contributed by atoms with van der Waals surface area (Å²) in [5, 5.41) is 0.546. The lowest BCUT2D eigenvalue weighted by molar-refractivity contribution is -0.159. The van der Waals surface area contributed by atoms with Gasteiger partial charge in [0, 0.05) is 17.6 Å². The molecule has 1 rings (SSSR count). The predicted molar refractivity (Wildman–Crippen MR) is 78.8 cm³/mol. The number of nitrogens with two attached hydrogens (primary N) is 1. The first-order chi connectivity index (χ1) is 9.12. The summed E-state index contributed by atoms with van der Waals surface area (Å²) in [6.07, 6.45) is -4.44. The van der Waals surface area contributed by atoms with Crippen molar-refractivity contribution in [3.8, 4) is 0 Å². The molecule has 0 heterocycles. The van der Waals surface area contributed by atoms with Gasteiger partial charge in [-0.1, -0.05) is 36.0 Å². The monoisotopic (exact) mass is 324 g/mol. The molecule has 112 valence electrons.